The van der Waals surface area contributed by atoms with Gasteiger partial charge in [0.1, 0.15) is 11.7 Å². The van der Waals surface area contributed by atoms with E-state index in [1.54, 1.807) is 20.8 Å². The monoisotopic (exact) mass is 319 g/mol. The molecule has 23 heavy (non-hydrogen) atoms. The van der Waals surface area contributed by atoms with Crippen LogP contribution in [0, 0.1) is 0 Å². The topological polar surface area (TPSA) is 81.7 Å². The third kappa shape index (κ3) is 5.09. The largest absolute Gasteiger partial charge is 0.454 e. The molecular formula is C17H21NO5. The van der Waals surface area contributed by atoms with E-state index in [1.165, 1.54) is 0 Å². The minimum absolute atomic E-state index is 0.0356. The van der Waals surface area contributed by atoms with Crippen LogP contribution in [0.1, 0.15) is 32.8 Å². The minimum Gasteiger partial charge on any atom is -0.454 e. The highest BCUT2D eigenvalue weighted by Crippen LogP contribution is 2.18. The van der Waals surface area contributed by atoms with Crippen molar-refractivity contribution in [2.75, 3.05) is 0 Å². The van der Waals surface area contributed by atoms with Crippen molar-refractivity contribution in [3.05, 3.63) is 35.9 Å². The Bertz CT molecular complexity index is 575. The Hall–Kier alpha value is -2.37. The third-order valence-electron chi connectivity index (χ3n) is 3.32. The lowest BCUT2D eigenvalue weighted by molar-refractivity contribution is -0.149. The van der Waals surface area contributed by atoms with Gasteiger partial charge in [0.25, 0.3) is 0 Å². The molecule has 6 nitrogen and oxygen atoms in total. The number of carbonyl (C=O) groups is 3. The summed E-state index contributed by atoms with van der Waals surface area (Å²) in [5.41, 5.74) is 0.327. The van der Waals surface area contributed by atoms with E-state index >= 15 is 0 Å². The first-order valence-electron chi connectivity index (χ1n) is 7.52. The van der Waals surface area contributed by atoms with E-state index < -0.39 is 35.6 Å². The SMILES string of the molecule is CC(C)(C)OC(=O)N[C@@H](Cc1ccccc1)[C@@H]1CC(=O)C(=O)O1. The second-order valence-electron chi connectivity index (χ2n) is 6.51. The quantitative estimate of drug-likeness (QED) is 0.678. The molecule has 1 aliphatic heterocycles. The molecule has 0 bridgehead atoms. The van der Waals surface area contributed by atoms with Crippen LogP contribution in [-0.2, 0) is 25.5 Å². The molecule has 0 spiro atoms. The lowest BCUT2D eigenvalue weighted by Gasteiger charge is -2.26. The van der Waals surface area contributed by atoms with Crippen molar-refractivity contribution in [1.82, 2.24) is 5.32 Å². The lowest BCUT2D eigenvalue weighted by Crippen LogP contribution is -2.46. The van der Waals surface area contributed by atoms with Crippen LogP contribution in [0.4, 0.5) is 4.79 Å². The minimum atomic E-state index is -0.848. The van der Waals surface area contributed by atoms with Crippen molar-refractivity contribution in [2.45, 2.75) is 51.4 Å². The van der Waals surface area contributed by atoms with Crippen LogP contribution < -0.4 is 5.32 Å². The predicted molar refractivity (Wildman–Crippen MR) is 82.8 cm³/mol. The normalized spacial score (nSPS) is 19.2. The number of hydrogen-bond acceptors (Lipinski definition) is 5. The van der Waals surface area contributed by atoms with Crippen molar-refractivity contribution in [2.24, 2.45) is 0 Å². The lowest BCUT2D eigenvalue weighted by atomic mass is 9.99. The summed E-state index contributed by atoms with van der Waals surface area (Å²) in [6.45, 7) is 5.29. The van der Waals surface area contributed by atoms with Crippen molar-refractivity contribution in [3.8, 4) is 0 Å². The number of carbonyl (C=O) groups excluding carboxylic acids is 3. The maximum atomic E-state index is 12.0. The fourth-order valence-electron chi connectivity index (χ4n) is 2.34. The van der Waals surface area contributed by atoms with Gasteiger partial charge in [0.15, 0.2) is 0 Å². The Morgan fingerprint density at radius 1 is 1.30 bits per heavy atom. The molecule has 2 rings (SSSR count). The van der Waals surface area contributed by atoms with Crippen LogP contribution in [0.5, 0.6) is 0 Å². The van der Waals surface area contributed by atoms with Crippen LogP contribution in [0.3, 0.4) is 0 Å². The number of amides is 1. The van der Waals surface area contributed by atoms with E-state index in [9.17, 15) is 14.4 Å². The summed E-state index contributed by atoms with van der Waals surface area (Å²) < 4.78 is 10.3. The zero-order chi connectivity index (χ0) is 17.0. The van der Waals surface area contributed by atoms with Crippen LogP contribution in [0.15, 0.2) is 30.3 Å². The molecule has 1 fully saturated rings. The van der Waals surface area contributed by atoms with Gasteiger partial charge in [-0.15, -0.1) is 0 Å². The van der Waals surface area contributed by atoms with Gasteiger partial charge in [0.2, 0.25) is 5.78 Å². The highest BCUT2D eigenvalue weighted by atomic mass is 16.6. The number of ether oxygens (including phenoxy) is 2. The van der Waals surface area contributed by atoms with Gasteiger partial charge >= 0.3 is 12.1 Å². The van der Waals surface area contributed by atoms with E-state index in [0.29, 0.717) is 6.42 Å². The van der Waals surface area contributed by atoms with E-state index in [1.807, 2.05) is 30.3 Å². The second-order valence-corrected chi connectivity index (χ2v) is 6.51. The average Bonchev–Trinajstić information content (AvgIpc) is 2.77. The van der Waals surface area contributed by atoms with Gasteiger partial charge in [-0.1, -0.05) is 30.3 Å². The van der Waals surface area contributed by atoms with Crippen LogP contribution in [0.2, 0.25) is 0 Å². The maximum Gasteiger partial charge on any atom is 0.408 e. The zero-order valence-corrected chi connectivity index (χ0v) is 13.5. The van der Waals surface area contributed by atoms with Crippen molar-refractivity contribution < 1.29 is 23.9 Å². The van der Waals surface area contributed by atoms with Gasteiger partial charge in [-0.25, -0.2) is 9.59 Å². The summed E-state index contributed by atoms with van der Waals surface area (Å²) >= 11 is 0. The number of rotatable bonds is 4. The Morgan fingerprint density at radius 3 is 2.48 bits per heavy atom. The number of alkyl carbamates (subject to hydrolysis) is 1. The molecule has 0 saturated carbocycles. The summed E-state index contributed by atoms with van der Waals surface area (Å²) in [4.78, 5) is 34.8. The predicted octanol–water partition coefficient (Wildman–Crippen LogP) is 2.01. The summed E-state index contributed by atoms with van der Waals surface area (Å²) in [5.74, 6) is -1.42. The molecule has 1 aromatic rings. The molecule has 2 atom stereocenters. The molecule has 1 amide bonds. The van der Waals surface area contributed by atoms with Gasteiger partial charge in [-0.05, 0) is 32.8 Å². The van der Waals surface area contributed by atoms with Crippen molar-refractivity contribution in [1.29, 1.82) is 0 Å². The molecule has 1 N–H and O–H groups in total. The first kappa shape index (κ1) is 17.0. The molecule has 0 radical (unpaired) electrons. The number of nitrogens with one attached hydrogen (secondary N) is 1. The van der Waals surface area contributed by atoms with E-state index in [0.717, 1.165) is 5.56 Å². The molecular weight excluding hydrogens is 298 g/mol. The average molecular weight is 319 g/mol. The van der Waals surface area contributed by atoms with E-state index in [4.69, 9.17) is 9.47 Å². The molecule has 1 aromatic carbocycles. The Balaban J connectivity index is 2.10. The summed E-state index contributed by atoms with van der Waals surface area (Å²) in [6.07, 6.45) is -0.881. The smallest absolute Gasteiger partial charge is 0.408 e. The number of Topliss-reactive ketones (excluding diaryl/α,β-unsaturated/α-hetero) is 1. The van der Waals surface area contributed by atoms with Crippen LogP contribution in [-0.4, -0.2) is 35.6 Å². The molecule has 1 heterocycles. The molecule has 0 aliphatic carbocycles. The maximum absolute atomic E-state index is 12.0. The standard InChI is InChI=1S/C17H21NO5/c1-17(2,3)23-16(21)18-12(9-11-7-5-4-6-8-11)14-10-13(19)15(20)22-14/h4-8,12,14H,9-10H2,1-3H3,(H,18,21)/t12-,14-/m0/s1. The van der Waals surface area contributed by atoms with Crippen LogP contribution >= 0.6 is 0 Å². The number of ketones is 1. The molecule has 1 aliphatic rings. The second kappa shape index (κ2) is 6.81. The van der Waals surface area contributed by atoms with E-state index in [-0.39, 0.29) is 6.42 Å². The van der Waals surface area contributed by atoms with Gasteiger partial charge in [0.05, 0.1) is 12.5 Å². The van der Waals surface area contributed by atoms with Crippen LogP contribution in [0.25, 0.3) is 0 Å². The molecule has 1 saturated heterocycles. The molecule has 0 unspecified atom stereocenters. The Morgan fingerprint density at radius 2 is 1.96 bits per heavy atom. The van der Waals surface area contributed by atoms with Gasteiger partial charge < -0.3 is 14.8 Å². The van der Waals surface area contributed by atoms with Gasteiger partial charge in [0, 0.05) is 0 Å². The summed E-state index contributed by atoms with van der Waals surface area (Å²) in [6, 6.07) is 8.93. The number of hydrogen-bond donors (Lipinski definition) is 1. The molecule has 6 heteroatoms. The number of benzene rings is 1. The van der Waals surface area contributed by atoms with Gasteiger partial charge in [-0.3, -0.25) is 4.79 Å². The summed E-state index contributed by atoms with van der Waals surface area (Å²) in [5, 5.41) is 2.71. The van der Waals surface area contributed by atoms with E-state index in [2.05, 4.69) is 5.32 Å². The van der Waals surface area contributed by atoms with Gasteiger partial charge in [-0.2, -0.15) is 0 Å². The zero-order valence-electron chi connectivity index (χ0n) is 13.5. The third-order valence-corrected chi connectivity index (χ3v) is 3.32. The molecule has 0 aromatic heterocycles. The van der Waals surface area contributed by atoms with Crippen molar-refractivity contribution in [3.63, 3.8) is 0 Å². The fraction of sp³-hybridized carbons (Fsp3) is 0.471. The fourth-order valence-corrected chi connectivity index (χ4v) is 2.34. The Labute approximate surface area is 135 Å². The van der Waals surface area contributed by atoms with Crippen molar-refractivity contribution >= 4 is 17.8 Å². The Kier molecular flexibility index (Phi) is 5.03. The highest BCUT2D eigenvalue weighted by Gasteiger charge is 2.38. The summed E-state index contributed by atoms with van der Waals surface area (Å²) in [7, 11) is 0. The number of esters is 1. The highest BCUT2D eigenvalue weighted by molar-refractivity contribution is 6.35. The first-order chi connectivity index (χ1) is 10.7. The first-order valence-corrected chi connectivity index (χ1v) is 7.52. The number of cyclic esters (lactones) is 1. The molecule has 124 valence electrons.